The van der Waals surface area contributed by atoms with Crippen LogP contribution in [0.15, 0.2) is 48.5 Å². The number of Topliss-reactive ketones (excluding diaryl/α,β-unsaturated/α-hetero) is 1. The maximum absolute atomic E-state index is 12.3. The number of anilines is 1. The molecule has 0 saturated heterocycles. The molecule has 0 aliphatic rings. The van der Waals surface area contributed by atoms with Gasteiger partial charge in [0.2, 0.25) is 0 Å². The van der Waals surface area contributed by atoms with Crippen molar-refractivity contribution in [2.24, 2.45) is 0 Å². The van der Waals surface area contributed by atoms with Crippen LogP contribution in [-0.4, -0.2) is 33.6 Å². The number of ether oxygens (including phenoxy) is 2. The van der Waals surface area contributed by atoms with E-state index in [-0.39, 0.29) is 5.78 Å². The van der Waals surface area contributed by atoms with E-state index in [9.17, 15) is 4.79 Å². The first-order valence-corrected chi connectivity index (χ1v) is 7.13. The first-order chi connectivity index (χ1) is 10.6. The second-order valence-electron chi connectivity index (χ2n) is 5.08. The van der Waals surface area contributed by atoms with Crippen molar-refractivity contribution >= 4 is 11.5 Å². The van der Waals surface area contributed by atoms with Crippen LogP contribution in [0, 0.1) is 0 Å². The van der Waals surface area contributed by atoms with Crippen molar-refractivity contribution < 1.29 is 14.3 Å². The number of carbonyl (C=O) groups excluding carboxylic acids is 1. The Morgan fingerprint density at radius 1 is 1.05 bits per heavy atom. The number of benzene rings is 2. The number of carbonyl (C=O) groups is 1. The minimum absolute atomic E-state index is 0.123. The minimum Gasteiger partial charge on any atom is -0.497 e. The van der Waals surface area contributed by atoms with Gasteiger partial charge in [-0.15, -0.1) is 0 Å². The number of ketones is 1. The van der Waals surface area contributed by atoms with E-state index in [1.54, 1.807) is 14.2 Å². The molecule has 0 bridgehead atoms. The van der Waals surface area contributed by atoms with Crippen LogP contribution in [0.25, 0.3) is 0 Å². The van der Waals surface area contributed by atoms with Gasteiger partial charge in [-0.2, -0.15) is 0 Å². The molecular formula is C18H21NO3. The maximum Gasteiger partial charge on any atom is 0.156 e. The summed E-state index contributed by atoms with van der Waals surface area (Å²) in [5.41, 5.74) is 1.86. The molecule has 0 fully saturated rings. The van der Waals surface area contributed by atoms with Gasteiger partial charge in [0.1, 0.15) is 11.5 Å². The van der Waals surface area contributed by atoms with Gasteiger partial charge in [-0.25, -0.2) is 0 Å². The van der Waals surface area contributed by atoms with Crippen LogP contribution in [0.2, 0.25) is 0 Å². The molecule has 4 heteroatoms. The zero-order valence-corrected chi connectivity index (χ0v) is 13.2. The van der Waals surface area contributed by atoms with Crippen molar-refractivity contribution in [3.8, 4) is 11.5 Å². The van der Waals surface area contributed by atoms with Gasteiger partial charge in [0, 0.05) is 24.7 Å². The highest BCUT2D eigenvalue weighted by Crippen LogP contribution is 2.24. The summed E-state index contributed by atoms with van der Waals surface area (Å²) in [6, 6.07) is 15.3. The van der Waals surface area contributed by atoms with E-state index < -0.39 is 0 Å². The molecule has 0 heterocycles. The molecule has 116 valence electrons. The van der Waals surface area contributed by atoms with Crippen molar-refractivity contribution in [1.29, 1.82) is 0 Å². The topological polar surface area (TPSA) is 38.8 Å². The highest BCUT2D eigenvalue weighted by Gasteiger charge is 2.12. The number of methoxy groups -OCH3 is 2. The fourth-order valence-electron chi connectivity index (χ4n) is 2.33. The predicted molar refractivity (Wildman–Crippen MR) is 88.0 cm³/mol. The van der Waals surface area contributed by atoms with E-state index >= 15 is 0 Å². The third-order valence-corrected chi connectivity index (χ3v) is 3.49. The second-order valence-corrected chi connectivity index (χ2v) is 5.08. The number of hydrogen-bond acceptors (Lipinski definition) is 4. The maximum atomic E-state index is 12.3. The lowest BCUT2D eigenvalue weighted by Crippen LogP contribution is -2.26. The molecule has 2 rings (SSSR count). The fraction of sp³-hybridized carbons (Fsp3) is 0.278. The van der Waals surface area contributed by atoms with E-state index in [0.29, 0.717) is 18.7 Å². The molecule has 2 aromatic carbocycles. The summed E-state index contributed by atoms with van der Waals surface area (Å²) < 4.78 is 10.5. The SMILES string of the molecule is COc1ccc(OC)c(CC(=O)CN(C)c2ccccc2)c1. The summed E-state index contributed by atoms with van der Waals surface area (Å²) in [7, 11) is 5.12. The number of hydrogen-bond donors (Lipinski definition) is 0. The van der Waals surface area contributed by atoms with E-state index in [4.69, 9.17) is 9.47 Å². The van der Waals surface area contributed by atoms with Crippen molar-refractivity contribution in [3.05, 3.63) is 54.1 Å². The first kappa shape index (κ1) is 15.9. The van der Waals surface area contributed by atoms with Gasteiger partial charge in [-0.1, -0.05) is 18.2 Å². The normalized spacial score (nSPS) is 10.1. The Kier molecular flexibility index (Phi) is 5.42. The van der Waals surface area contributed by atoms with Gasteiger partial charge >= 0.3 is 0 Å². The Balaban J connectivity index is 2.05. The smallest absolute Gasteiger partial charge is 0.156 e. The molecule has 0 amide bonds. The lowest BCUT2D eigenvalue weighted by Gasteiger charge is -2.18. The number of para-hydroxylation sites is 1. The highest BCUT2D eigenvalue weighted by atomic mass is 16.5. The second kappa shape index (κ2) is 7.50. The molecule has 0 aliphatic carbocycles. The molecular weight excluding hydrogens is 278 g/mol. The van der Waals surface area contributed by atoms with Gasteiger partial charge in [0.05, 0.1) is 20.8 Å². The van der Waals surface area contributed by atoms with Crippen molar-refractivity contribution in [2.75, 3.05) is 32.7 Å². The molecule has 2 aromatic rings. The van der Waals surface area contributed by atoms with Gasteiger partial charge in [0.15, 0.2) is 5.78 Å². The van der Waals surface area contributed by atoms with Crippen molar-refractivity contribution in [2.45, 2.75) is 6.42 Å². The van der Waals surface area contributed by atoms with Crippen LogP contribution >= 0.6 is 0 Å². The number of rotatable bonds is 7. The average Bonchev–Trinajstić information content (AvgIpc) is 2.55. The standard InChI is InChI=1S/C18H21NO3/c1-19(15-7-5-4-6-8-15)13-16(20)11-14-12-17(21-2)9-10-18(14)22-3/h4-10,12H,11,13H2,1-3H3. The summed E-state index contributed by atoms with van der Waals surface area (Å²) in [5.74, 6) is 1.55. The van der Waals surface area contributed by atoms with E-state index in [1.165, 1.54) is 0 Å². The molecule has 0 saturated carbocycles. The largest absolute Gasteiger partial charge is 0.497 e. The predicted octanol–water partition coefficient (Wildman–Crippen LogP) is 2.95. The molecule has 0 atom stereocenters. The van der Waals surface area contributed by atoms with Crippen LogP contribution in [0.4, 0.5) is 5.69 Å². The number of likely N-dealkylation sites (N-methyl/N-ethyl adjacent to an activating group) is 1. The summed E-state index contributed by atoms with van der Waals surface area (Å²) in [6.07, 6.45) is 0.317. The zero-order valence-electron chi connectivity index (χ0n) is 13.2. The summed E-state index contributed by atoms with van der Waals surface area (Å²) in [4.78, 5) is 14.3. The average molecular weight is 299 g/mol. The monoisotopic (exact) mass is 299 g/mol. The number of nitrogens with zero attached hydrogens (tertiary/aromatic N) is 1. The molecule has 0 spiro atoms. The van der Waals surface area contributed by atoms with Crippen LogP contribution < -0.4 is 14.4 Å². The lowest BCUT2D eigenvalue weighted by atomic mass is 10.1. The Morgan fingerprint density at radius 3 is 2.41 bits per heavy atom. The van der Waals surface area contributed by atoms with E-state index in [1.807, 2.05) is 60.5 Å². The van der Waals surface area contributed by atoms with Crippen LogP contribution in [0.1, 0.15) is 5.56 Å². The summed E-state index contributed by atoms with van der Waals surface area (Å²) in [5, 5.41) is 0. The van der Waals surface area contributed by atoms with Gasteiger partial charge < -0.3 is 14.4 Å². The van der Waals surface area contributed by atoms with Crippen molar-refractivity contribution in [3.63, 3.8) is 0 Å². The van der Waals surface area contributed by atoms with Crippen molar-refractivity contribution in [1.82, 2.24) is 0 Å². The van der Waals surface area contributed by atoms with E-state index in [2.05, 4.69) is 0 Å². The molecule has 0 unspecified atom stereocenters. The molecule has 0 radical (unpaired) electrons. The van der Waals surface area contributed by atoms with Gasteiger partial charge in [0.25, 0.3) is 0 Å². The van der Waals surface area contributed by atoms with Crippen LogP contribution in [-0.2, 0) is 11.2 Å². The molecule has 4 nitrogen and oxygen atoms in total. The molecule has 0 N–H and O–H groups in total. The highest BCUT2D eigenvalue weighted by molar-refractivity contribution is 5.86. The van der Waals surface area contributed by atoms with Gasteiger partial charge in [-0.3, -0.25) is 4.79 Å². The fourth-order valence-corrected chi connectivity index (χ4v) is 2.33. The minimum atomic E-state index is 0.123. The zero-order chi connectivity index (χ0) is 15.9. The third kappa shape index (κ3) is 4.01. The molecule has 0 aliphatic heterocycles. The summed E-state index contributed by atoms with van der Waals surface area (Å²) in [6.45, 7) is 0.352. The summed E-state index contributed by atoms with van der Waals surface area (Å²) >= 11 is 0. The van der Waals surface area contributed by atoms with Crippen LogP contribution in [0.5, 0.6) is 11.5 Å². The molecule has 0 aromatic heterocycles. The Hall–Kier alpha value is -2.49. The third-order valence-electron chi connectivity index (χ3n) is 3.49. The molecule has 22 heavy (non-hydrogen) atoms. The Morgan fingerprint density at radius 2 is 1.77 bits per heavy atom. The van der Waals surface area contributed by atoms with E-state index in [0.717, 1.165) is 17.0 Å². The Labute approximate surface area is 131 Å². The quantitative estimate of drug-likeness (QED) is 0.788. The van der Waals surface area contributed by atoms with Crippen LogP contribution in [0.3, 0.4) is 0 Å². The Bertz CT molecular complexity index is 625. The lowest BCUT2D eigenvalue weighted by molar-refractivity contribution is -0.117. The van der Waals surface area contributed by atoms with Gasteiger partial charge in [-0.05, 0) is 30.3 Å². The first-order valence-electron chi connectivity index (χ1n) is 7.13.